The van der Waals surface area contributed by atoms with Crippen LogP contribution < -0.4 is 10.1 Å². The SMILES string of the molecule is CCNC(=O)c1nccc2c1CN(C(C)c1cnc(OCCC(F)(F)F)c(Cl)c1)C2=O. The average Bonchev–Trinajstić information content (AvgIpc) is 3.04. The lowest BCUT2D eigenvalue weighted by molar-refractivity contribution is -0.139. The van der Waals surface area contributed by atoms with E-state index in [2.05, 4.69) is 15.3 Å². The highest BCUT2D eigenvalue weighted by molar-refractivity contribution is 6.31. The molecule has 0 fully saturated rings. The summed E-state index contributed by atoms with van der Waals surface area (Å²) in [5.74, 6) is -0.732. The summed E-state index contributed by atoms with van der Waals surface area (Å²) in [4.78, 5) is 34.9. The molecule has 1 unspecified atom stereocenters. The van der Waals surface area contributed by atoms with E-state index in [1.165, 1.54) is 18.5 Å². The molecule has 0 spiro atoms. The van der Waals surface area contributed by atoms with E-state index in [9.17, 15) is 22.8 Å². The zero-order chi connectivity index (χ0) is 22.8. The van der Waals surface area contributed by atoms with Crippen molar-refractivity contribution in [3.63, 3.8) is 0 Å². The minimum atomic E-state index is -4.34. The first-order chi connectivity index (χ1) is 14.6. The van der Waals surface area contributed by atoms with Crippen LogP contribution in [0.25, 0.3) is 0 Å². The normalized spacial score (nSPS) is 14.4. The molecule has 0 aromatic carbocycles. The van der Waals surface area contributed by atoms with Crippen molar-refractivity contribution in [2.75, 3.05) is 13.2 Å². The second-order valence-electron chi connectivity index (χ2n) is 6.92. The fraction of sp³-hybridized carbons (Fsp3) is 0.400. The van der Waals surface area contributed by atoms with Crippen molar-refractivity contribution in [1.29, 1.82) is 0 Å². The van der Waals surface area contributed by atoms with Crippen molar-refractivity contribution in [2.45, 2.75) is 39.0 Å². The van der Waals surface area contributed by atoms with E-state index in [1.807, 2.05) is 0 Å². The summed E-state index contributed by atoms with van der Waals surface area (Å²) in [6, 6.07) is 2.60. The third-order valence-electron chi connectivity index (χ3n) is 4.83. The summed E-state index contributed by atoms with van der Waals surface area (Å²) in [5.41, 5.74) is 1.71. The molecule has 1 atom stereocenters. The maximum atomic E-state index is 12.9. The van der Waals surface area contributed by atoms with Crippen LogP contribution in [0.4, 0.5) is 13.2 Å². The Bertz CT molecular complexity index is 1000. The standard InChI is InChI=1S/C20H20ClF3N4O3/c1-3-25-17(29)16-14-10-28(19(30)13(14)4-6-26-16)11(2)12-8-15(21)18(27-9-12)31-7-5-20(22,23)24/h4,6,8-9,11H,3,5,7,10H2,1-2H3,(H,25,29). The van der Waals surface area contributed by atoms with E-state index in [1.54, 1.807) is 24.8 Å². The highest BCUT2D eigenvalue weighted by atomic mass is 35.5. The van der Waals surface area contributed by atoms with Crippen LogP contribution in [0.1, 0.15) is 58.3 Å². The summed E-state index contributed by atoms with van der Waals surface area (Å²) < 4.78 is 41.8. The molecular formula is C20H20ClF3N4O3. The van der Waals surface area contributed by atoms with Gasteiger partial charge >= 0.3 is 6.18 Å². The van der Waals surface area contributed by atoms with Crippen LogP contribution in [0.15, 0.2) is 24.5 Å². The quantitative estimate of drug-likeness (QED) is 0.682. The van der Waals surface area contributed by atoms with Crippen molar-refractivity contribution in [3.8, 4) is 5.88 Å². The first-order valence-electron chi connectivity index (χ1n) is 9.54. The fourth-order valence-corrected chi connectivity index (χ4v) is 3.45. The molecule has 11 heteroatoms. The lowest BCUT2D eigenvalue weighted by Crippen LogP contribution is -2.28. The van der Waals surface area contributed by atoms with Crippen molar-refractivity contribution in [3.05, 3.63) is 51.9 Å². The zero-order valence-corrected chi connectivity index (χ0v) is 17.5. The molecule has 2 amide bonds. The van der Waals surface area contributed by atoms with E-state index in [-0.39, 0.29) is 35.0 Å². The Morgan fingerprint density at radius 2 is 2.13 bits per heavy atom. The van der Waals surface area contributed by atoms with Crippen LogP contribution in [0.5, 0.6) is 5.88 Å². The van der Waals surface area contributed by atoms with Gasteiger partial charge in [-0.2, -0.15) is 13.2 Å². The monoisotopic (exact) mass is 456 g/mol. The number of hydrogen-bond donors (Lipinski definition) is 1. The highest BCUT2D eigenvalue weighted by Gasteiger charge is 2.35. The second kappa shape index (κ2) is 9.09. The molecule has 2 aromatic heterocycles. The Morgan fingerprint density at radius 1 is 1.39 bits per heavy atom. The summed E-state index contributed by atoms with van der Waals surface area (Å²) in [5, 5.41) is 2.72. The van der Waals surface area contributed by atoms with Gasteiger partial charge in [0.05, 0.1) is 19.1 Å². The summed E-state index contributed by atoms with van der Waals surface area (Å²) in [6.07, 6.45) is -2.64. The maximum absolute atomic E-state index is 12.9. The van der Waals surface area contributed by atoms with Crippen LogP contribution in [-0.4, -0.2) is 46.0 Å². The number of amides is 2. The van der Waals surface area contributed by atoms with Crippen LogP contribution in [0, 0.1) is 0 Å². The molecule has 1 N–H and O–H groups in total. The van der Waals surface area contributed by atoms with Gasteiger partial charge in [-0.15, -0.1) is 0 Å². The molecule has 2 aromatic rings. The number of aromatic nitrogens is 2. The van der Waals surface area contributed by atoms with E-state index in [0.29, 0.717) is 23.2 Å². The Labute approximate surface area is 181 Å². The summed E-state index contributed by atoms with van der Waals surface area (Å²) in [7, 11) is 0. The molecule has 3 rings (SSSR count). The maximum Gasteiger partial charge on any atom is 0.392 e. The van der Waals surface area contributed by atoms with Crippen LogP contribution >= 0.6 is 11.6 Å². The molecule has 0 radical (unpaired) electrons. The minimum Gasteiger partial charge on any atom is -0.476 e. The highest BCUT2D eigenvalue weighted by Crippen LogP contribution is 2.34. The van der Waals surface area contributed by atoms with Gasteiger partial charge in [-0.3, -0.25) is 14.6 Å². The molecule has 0 saturated heterocycles. The fourth-order valence-electron chi connectivity index (χ4n) is 3.22. The molecule has 0 aliphatic carbocycles. The number of rotatable bonds is 7. The molecule has 1 aliphatic rings. The Balaban J connectivity index is 1.76. The van der Waals surface area contributed by atoms with Gasteiger partial charge in [0.25, 0.3) is 11.8 Å². The molecular weight excluding hydrogens is 437 g/mol. The smallest absolute Gasteiger partial charge is 0.392 e. The Morgan fingerprint density at radius 3 is 2.77 bits per heavy atom. The molecule has 1 aliphatic heterocycles. The number of fused-ring (bicyclic) bond motifs is 1. The Kier molecular flexibility index (Phi) is 6.68. The third-order valence-corrected chi connectivity index (χ3v) is 5.10. The Hall–Kier alpha value is -2.88. The lowest BCUT2D eigenvalue weighted by Gasteiger charge is -2.25. The number of carbonyl (C=O) groups excluding carboxylic acids is 2. The predicted octanol–water partition coefficient (Wildman–Crippen LogP) is 3.93. The van der Waals surface area contributed by atoms with E-state index in [0.717, 1.165) is 0 Å². The van der Waals surface area contributed by atoms with Gasteiger partial charge in [0.1, 0.15) is 10.7 Å². The number of pyridine rings is 2. The van der Waals surface area contributed by atoms with Crippen molar-refractivity contribution >= 4 is 23.4 Å². The topological polar surface area (TPSA) is 84.4 Å². The number of nitrogens with zero attached hydrogens (tertiary/aromatic N) is 3. The van der Waals surface area contributed by atoms with E-state index >= 15 is 0 Å². The van der Waals surface area contributed by atoms with Gasteiger partial charge in [0.2, 0.25) is 5.88 Å². The van der Waals surface area contributed by atoms with Gasteiger partial charge in [-0.05, 0) is 31.5 Å². The summed E-state index contributed by atoms with van der Waals surface area (Å²) in [6.45, 7) is 3.56. The van der Waals surface area contributed by atoms with Crippen LogP contribution in [0.3, 0.4) is 0 Å². The lowest BCUT2D eigenvalue weighted by atomic mass is 10.1. The molecule has 0 bridgehead atoms. The first-order valence-corrected chi connectivity index (χ1v) is 9.92. The van der Waals surface area contributed by atoms with Gasteiger partial charge in [-0.25, -0.2) is 4.98 Å². The van der Waals surface area contributed by atoms with Crippen molar-refractivity contribution in [1.82, 2.24) is 20.2 Å². The second-order valence-corrected chi connectivity index (χ2v) is 7.33. The summed E-state index contributed by atoms with van der Waals surface area (Å²) >= 11 is 6.12. The van der Waals surface area contributed by atoms with Crippen molar-refractivity contribution in [2.24, 2.45) is 0 Å². The van der Waals surface area contributed by atoms with Crippen LogP contribution in [0.2, 0.25) is 5.02 Å². The predicted molar refractivity (Wildman–Crippen MR) is 106 cm³/mol. The number of ether oxygens (including phenoxy) is 1. The van der Waals surface area contributed by atoms with Gasteiger partial charge in [-0.1, -0.05) is 11.6 Å². The van der Waals surface area contributed by atoms with Gasteiger partial charge < -0.3 is 15.0 Å². The largest absolute Gasteiger partial charge is 0.476 e. The molecule has 166 valence electrons. The van der Waals surface area contributed by atoms with Gasteiger partial charge in [0, 0.05) is 36.6 Å². The number of alkyl halides is 3. The first kappa shape index (κ1) is 22.8. The van der Waals surface area contributed by atoms with Crippen LogP contribution in [-0.2, 0) is 6.54 Å². The average molecular weight is 457 g/mol. The zero-order valence-electron chi connectivity index (χ0n) is 16.8. The third kappa shape index (κ3) is 5.07. The van der Waals surface area contributed by atoms with E-state index < -0.39 is 25.2 Å². The molecule has 3 heterocycles. The minimum absolute atomic E-state index is 0.0420. The molecule has 31 heavy (non-hydrogen) atoms. The van der Waals surface area contributed by atoms with E-state index in [4.69, 9.17) is 16.3 Å². The van der Waals surface area contributed by atoms with Gasteiger partial charge in [0.15, 0.2) is 0 Å². The number of hydrogen-bond acceptors (Lipinski definition) is 5. The number of halogens is 4. The molecule has 7 nitrogen and oxygen atoms in total. The number of nitrogens with one attached hydrogen (secondary N) is 1. The number of carbonyl (C=O) groups is 2. The molecule has 0 saturated carbocycles. The van der Waals surface area contributed by atoms with Crippen molar-refractivity contribution < 1.29 is 27.5 Å².